The third-order valence-electron chi connectivity index (χ3n) is 4.71. The maximum atomic E-state index is 10.9. The zero-order valence-electron chi connectivity index (χ0n) is 11.6. The number of hydrogen-bond donors (Lipinski definition) is 0. The van der Waals surface area contributed by atoms with Crippen LogP contribution in [0, 0.1) is 17.8 Å². The molecule has 2 aliphatic carbocycles. The van der Waals surface area contributed by atoms with Gasteiger partial charge in [-0.3, -0.25) is 4.79 Å². The van der Waals surface area contributed by atoms with E-state index in [9.17, 15) is 4.79 Å². The maximum absolute atomic E-state index is 10.9. The second-order valence-electron chi connectivity index (χ2n) is 5.90. The van der Waals surface area contributed by atoms with E-state index < -0.39 is 0 Å². The number of carbonyl (C=O) groups excluding carboxylic acids is 1. The SMILES string of the molecule is COc1cc(C=O)cc(Br)c1OCC1CC2CCC1C2. The lowest BCUT2D eigenvalue weighted by Gasteiger charge is -2.22. The molecule has 108 valence electrons. The van der Waals surface area contributed by atoms with Crippen molar-refractivity contribution in [3.05, 3.63) is 22.2 Å². The summed E-state index contributed by atoms with van der Waals surface area (Å²) < 4.78 is 12.1. The van der Waals surface area contributed by atoms with E-state index in [1.807, 2.05) is 0 Å². The Morgan fingerprint density at radius 3 is 2.80 bits per heavy atom. The second-order valence-corrected chi connectivity index (χ2v) is 6.75. The van der Waals surface area contributed by atoms with Gasteiger partial charge in [-0.05, 0) is 65.1 Å². The molecule has 0 heterocycles. The molecule has 0 spiro atoms. The molecule has 2 aliphatic rings. The van der Waals surface area contributed by atoms with Gasteiger partial charge in [0.25, 0.3) is 0 Å². The predicted octanol–water partition coefficient (Wildman–Crippen LogP) is 4.09. The van der Waals surface area contributed by atoms with Crippen LogP contribution in [0.4, 0.5) is 0 Å². The van der Waals surface area contributed by atoms with E-state index in [1.165, 1.54) is 25.7 Å². The smallest absolute Gasteiger partial charge is 0.175 e. The van der Waals surface area contributed by atoms with Gasteiger partial charge in [-0.2, -0.15) is 0 Å². The molecular weight excluding hydrogens is 320 g/mol. The molecule has 2 fully saturated rings. The molecule has 20 heavy (non-hydrogen) atoms. The van der Waals surface area contributed by atoms with Gasteiger partial charge in [0.2, 0.25) is 0 Å². The van der Waals surface area contributed by atoms with Crippen molar-refractivity contribution in [2.45, 2.75) is 25.7 Å². The van der Waals surface area contributed by atoms with Crippen LogP contribution in [0.3, 0.4) is 0 Å². The molecule has 2 bridgehead atoms. The summed E-state index contributed by atoms with van der Waals surface area (Å²) in [4.78, 5) is 10.9. The summed E-state index contributed by atoms with van der Waals surface area (Å²) >= 11 is 3.47. The van der Waals surface area contributed by atoms with E-state index in [-0.39, 0.29) is 0 Å². The summed E-state index contributed by atoms with van der Waals surface area (Å²) in [5.74, 6) is 3.78. The summed E-state index contributed by atoms with van der Waals surface area (Å²) in [6, 6.07) is 3.49. The monoisotopic (exact) mass is 338 g/mol. The van der Waals surface area contributed by atoms with Gasteiger partial charge in [-0.15, -0.1) is 0 Å². The standard InChI is InChI=1S/C16H19BrO3/c1-19-15-7-11(8-18)6-14(17)16(15)20-9-13-5-10-2-3-12(13)4-10/h6-8,10,12-13H,2-5,9H2,1H3. The number of halogens is 1. The van der Waals surface area contributed by atoms with Gasteiger partial charge in [-0.1, -0.05) is 6.42 Å². The topological polar surface area (TPSA) is 35.5 Å². The molecule has 0 N–H and O–H groups in total. The van der Waals surface area contributed by atoms with Gasteiger partial charge < -0.3 is 9.47 Å². The number of methoxy groups -OCH3 is 1. The van der Waals surface area contributed by atoms with Crippen molar-refractivity contribution >= 4 is 22.2 Å². The van der Waals surface area contributed by atoms with E-state index >= 15 is 0 Å². The summed E-state index contributed by atoms with van der Waals surface area (Å²) in [6.07, 6.45) is 6.27. The van der Waals surface area contributed by atoms with Crippen LogP contribution in [0.15, 0.2) is 16.6 Å². The maximum Gasteiger partial charge on any atom is 0.175 e. The molecule has 3 unspecified atom stereocenters. The fourth-order valence-corrected chi connectivity index (χ4v) is 4.29. The number of hydrogen-bond acceptors (Lipinski definition) is 3. The molecule has 3 rings (SSSR count). The van der Waals surface area contributed by atoms with Crippen LogP contribution in [0.1, 0.15) is 36.0 Å². The molecule has 3 atom stereocenters. The van der Waals surface area contributed by atoms with E-state index in [0.29, 0.717) is 23.0 Å². The van der Waals surface area contributed by atoms with Crippen molar-refractivity contribution < 1.29 is 14.3 Å². The fraction of sp³-hybridized carbons (Fsp3) is 0.562. The third-order valence-corrected chi connectivity index (χ3v) is 5.30. The largest absolute Gasteiger partial charge is 0.493 e. The number of benzene rings is 1. The van der Waals surface area contributed by atoms with Gasteiger partial charge in [0.1, 0.15) is 6.29 Å². The number of ether oxygens (including phenoxy) is 2. The van der Waals surface area contributed by atoms with Crippen LogP contribution in [-0.4, -0.2) is 20.0 Å². The Morgan fingerprint density at radius 2 is 2.20 bits per heavy atom. The van der Waals surface area contributed by atoms with Crippen LogP contribution >= 0.6 is 15.9 Å². The van der Waals surface area contributed by atoms with Crippen molar-refractivity contribution in [2.75, 3.05) is 13.7 Å². The van der Waals surface area contributed by atoms with Gasteiger partial charge >= 0.3 is 0 Å². The molecule has 0 saturated heterocycles. The molecule has 0 aromatic heterocycles. The average Bonchev–Trinajstić information content (AvgIpc) is 3.07. The zero-order chi connectivity index (χ0) is 14.1. The van der Waals surface area contributed by atoms with Crippen molar-refractivity contribution in [2.24, 2.45) is 17.8 Å². The summed E-state index contributed by atoms with van der Waals surface area (Å²) in [5, 5.41) is 0. The van der Waals surface area contributed by atoms with E-state index in [4.69, 9.17) is 9.47 Å². The molecule has 0 radical (unpaired) electrons. The van der Waals surface area contributed by atoms with E-state index in [0.717, 1.165) is 29.2 Å². The first kappa shape index (κ1) is 13.9. The molecule has 4 heteroatoms. The second kappa shape index (κ2) is 5.76. The molecule has 1 aromatic carbocycles. The van der Waals surface area contributed by atoms with E-state index in [1.54, 1.807) is 19.2 Å². The first-order valence-electron chi connectivity index (χ1n) is 7.16. The van der Waals surface area contributed by atoms with E-state index in [2.05, 4.69) is 15.9 Å². The summed E-state index contributed by atoms with van der Waals surface area (Å²) in [5.41, 5.74) is 0.584. The number of fused-ring (bicyclic) bond motifs is 2. The fourth-order valence-electron chi connectivity index (χ4n) is 3.72. The van der Waals surface area contributed by atoms with Crippen molar-refractivity contribution in [1.82, 2.24) is 0 Å². The lowest BCUT2D eigenvalue weighted by Crippen LogP contribution is -2.18. The normalized spacial score (nSPS) is 27.6. The molecular formula is C16H19BrO3. The average molecular weight is 339 g/mol. The van der Waals surface area contributed by atoms with Crippen LogP contribution in [0.2, 0.25) is 0 Å². The highest BCUT2D eigenvalue weighted by molar-refractivity contribution is 9.10. The quantitative estimate of drug-likeness (QED) is 0.758. The molecule has 0 amide bonds. The van der Waals surface area contributed by atoms with Gasteiger partial charge in [0, 0.05) is 5.56 Å². The number of aldehydes is 1. The Bertz CT molecular complexity index is 515. The Kier molecular flexibility index (Phi) is 4.01. The highest BCUT2D eigenvalue weighted by Gasteiger charge is 2.39. The lowest BCUT2D eigenvalue weighted by molar-refractivity contribution is 0.112. The summed E-state index contributed by atoms with van der Waals surface area (Å²) in [6.45, 7) is 0.747. The highest BCUT2D eigenvalue weighted by Crippen LogP contribution is 2.48. The van der Waals surface area contributed by atoms with Crippen LogP contribution in [0.5, 0.6) is 11.5 Å². The van der Waals surface area contributed by atoms with Crippen LogP contribution in [0.25, 0.3) is 0 Å². The van der Waals surface area contributed by atoms with Gasteiger partial charge in [0.05, 0.1) is 18.2 Å². The molecule has 1 aromatic rings. The van der Waals surface area contributed by atoms with Crippen molar-refractivity contribution in [3.63, 3.8) is 0 Å². The lowest BCUT2D eigenvalue weighted by atomic mass is 9.89. The van der Waals surface area contributed by atoms with Crippen LogP contribution < -0.4 is 9.47 Å². The minimum absolute atomic E-state index is 0.584. The van der Waals surface area contributed by atoms with Crippen molar-refractivity contribution in [3.8, 4) is 11.5 Å². The van der Waals surface area contributed by atoms with Gasteiger partial charge in [-0.25, -0.2) is 0 Å². The molecule has 0 aliphatic heterocycles. The van der Waals surface area contributed by atoms with Crippen LogP contribution in [-0.2, 0) is 0 Å². The number of rotatable bonds is 5. The Hall–Kier alpha value is -1.03. The zero-order valence-corrected chi connectivity index (χ0v) is 13.2. The Labute approximate surface area is 127 Å². The first-order valence-corrected chi connectivity index (χ1v) is 7.96. The minimum atomic E-state index is 0.584. The predicted molar refractivity (Wildman–Crippen MR) is 80.5 cm³/mol. The highest BCUT2D eigenvalue weighted by atomic mass is 79.9. The summed E-state index contributed by atoms with van der Waals surface area (Å²) in [7, 11) is 1.60. The molecule has 3 nitrogen and oxygen atoms in total. The Morgan fingerprint density at radius 1 is 1.35 bits per heavy atom. The van der Waals surface area contributed by atoms with Gasteiger partial charge in [0.15, 0.2) is 11.5 Å². The Balaban J connectivity index is 1.72. The number of carbonyl (C=O) groups is 1. The third kappa shape index (κ3) is 2.58. The first-order chi connectivity index (χ1) is 9.71. The molecule has 2 saturated carbocycles. The minimum Gasteiger partial charge on any atom is -0.493 e. The van der Waals surface area contributed by atoms with Crippen molar-refractivity contribution in [1.29, 1.82) is 0 Å².